The van der Waals surface area contributed by atoms with E-state index in [-0.39, 0.29) is 0 Å². The van der Waals surface area contributed by atoms with Gasteiger partial charge in [0.15, 0.2) is 0 Å². The van der Waals surface area contributed by atoms with E-state index in [1.54, 1.807) is 0 Å². The fraction of sp³-hybridized carbons (Fsp3) is 0.0638. The molecule has 6 aromatic carbocycles. The Morgan fingerprint density at radius 1 is 0.653 bits per heavy atom. The van der Waals surface area contributed by atoms with Gasteiger partial charge in [-0.15, -0.1) is 0 Å². The van der Waals surface area contributed by atoms with Crippen LogP contribution in [0.15, 0.2) is 188 Å². The average Bonchev–Trinajstić information content (AvgIpc) is 3.51. The van der Waals surface area contributed by atoms with Crippen molar-refractivity contribution < 1.29 is 0 Å². The number of hydrogen-bond donors (Lipinski definition) is 0. The molecule has 0 N–H and O–H groups in total. The average molecular weight is 631 g/mol. The Morgan fingerprint density at radius 2 is 1.24 bits per heavy atom. The molecule has 1 aromatic heterocycles. The summed E-state index contributed by atoms with van der Waals surface area (Å²) >= 11 is 0. The number of nitrogens with zero attached hydrogens (tertiary/aromatic N) is 2. The van der Waals surface area contributed by atoms with Crippen molar-refractivity contribution in [2.24, 2.45) is 0 Å². The molecule has 8 rings (SSSR count). The Morgan fingerprint density at radius 3 is 1.90 bits per heavy atom. The number of anilines is 2. The lowest BCUT2D eigenvalue weighted by atomic mass is 9.95. The van der Waals surface area contributed by atoms with Gasteiger partial charge in [-0.25, -0.2) is 0 Å². The minimum Gasteiger partial charge on any atom is -0.311 e. The summed E-state index contributed by atoms with van der Waals surface area (Å²) in [4.78, 5) is 2.28. The molecule has 0 saturated heterocycles. The maximum atomic E-state index is 4.19. The summed E-state index contributed by atoms with van der Waals surface area (Å²) in [6.07, 6.45) is 14.9. The molecule has 0 bridgehead atoms. The molecule has 2 nitrogen and oxygen atoms in total. The van der Waals surface area contributed by atoms with Crippen molar-refractivity contribution in [3.8, 4) is 11.1 Å². The van der Waals surface area contributed by atoms with Gasteiger partial charge in [0.1, 0.15) is 0 Å². The molecule has 0 spiro atoms. The van der Waals surface area contributed by atoms with E-state index in [2.05, 4.69) is 180 Å². The number of allylic oxidation sites excluding steroid dienone is 8. The molecular formula is C47H38N2. The predicted octanol–water partition coefficient (Wildman–Crippen LogP) is 13.1. The molecule has 7 aromatic rings. The van der Waals surface area contributed by atoms with Crippen molar-refractivity contribution in [2.45, 2.75) is 19.8 Å². The summed E-state index contributed by atoms with van der Waals surface area (Å²) < 4.78 is 2.42. The smallest absolute Gasteiger partial charge is 0.0540 e. The van der Waals surface area contributed by atoms with Gasteiger partial charge in [0.05, 0.1) is 11.0 Å². The quantitative estimate of drug-likeness (QED) is 0.152. The van der Waals surface area contributed by atoms with Gasteiger partial charge in [-0.05, 0) is 107 Å². The Bertz CT molecular complexity index is 2390. The molecule has 0 fully saturated rings. The van der Waals surface area contributed by atoms with Crippen LogP contribution in [0.1, 0.15) is 25.3 Å². The largest absolute Gasteiger partial charge is 0.311 e. The Kier molecular flexibility index (Phi) is 8.13. The molecule has 1 heterocycles. The highest BCUT2D eigenvalue weighted by Gasteiger charge is 2.17. The van der Waals surface area contributed by atoms with E-state index in [9.17, 15) is 0 Å². The third-order valence-electron chi connectivity index (χ3n) is 9.58. The van der Waals surface area contributed by atoms with Crippen molar-refractivity contribution in [2.75, 3.05) is 4.90 Å². The molecule has 1 aliphatic rings. The van der Waals surface area contributed by atoms with E-state index < -0.39 is 0 Å². The first-order valence-electron chi connectivity index (χ1n) is 17.1. The van der Waals surface area contributed by atoms with Gasteiger partial charge in [0, 0.05) is 33.5 Å². The molecular weight excluding hydrogens is 593 g/mol. The van der Waals surface area contributed by atoms with E-state index in [4.69, 9.17) is 0 Å². The van der Waals surface area contributed by atoms with Crippen LogP contribution in [0.25, 0.3) is 55.0 Å². The summed E-state index contributed by atoms with van der Waals surface area (Å²) in [7, 11) is 0. The van der Waals surface area contributed by atoms with Gasteiger partial charge in [-0.1, -0.05) is 128 Å². The van der Waals surface area contributed by atoms with Crippen LogP contribution >= 0.6 is 0 Å². The summed E-state index contributed by atoms with van der Waals surface area (Å²) in [5.74, 6) is 0. The number of hydrogen-bond acceptors (Lipinski definition) is 1. The van der Waals surface area contributed by atoms with Gasteiger partial charge in [0.25, 0.3) is 0 Å². The zero-order valence-corrected chi connectivity index (χ0v) is 27.8. The molecule has 0 unspecified atom stereocenters. The van der Waals surface area contributed by atoms with E-state index in [0.717, 1.165) is 29.9 Å². The van der Waals surface area contributed by atoms with E-state index >= 15 is 0 Å². The lowest BCUT2D eigenvalue weighted by molar-refractivity contribution is 1.03. The summed E-state index contributed by atoms with van der Waals surface area (Å²) in [5.41, 5.74) is 12.0. The van der Waals surface area contributed by atoms with Crippen LogP contribution in [0.3, 0.4) is 0 Å². The lowest BCUT2D eigenvalue weighted by Gasteiger charge is -2.27. The van der Waals surface area contributed by atoms with Crippen molar-refractivity contribution in [3.05, 3.63) is 194 Å². The second-order valence-corrected chi connectivity index (χ2v) is 12.5. The van der Waals surface area contributed by atoms with E-state index in [1.165, 1.54) is 60.5 Å². The third kappa shape index (κ3) is 5.62. The molecule has 0 aliphatic heterocycles. The first kappa shape index (κ1) is 30.2. The zero-order chi connectivity index (χ0) is 33.2. The molecule has 0 atom stereocenters. The standard InChI is InChI=1S/C47H38N2/c1-3-5-17-38(4-2)48(40-31-27-36(28-32-40)43-22-13-15-35-14-6-7-19-42(35)43)39-29-25-34(26-30-39)37-16-12-18-41(33-37)49-46-23-10-8-20-44(46)45-21-9-11-24-47(45)49/h3-11,13-15,17-33H,2,12,16H2,1H3/b5-3-,38-17+. The zero-order valence-electron chi connectivity index (χ0n) is 27.8. The van der Waals surface area contributed by atoms with Crippen molar-refractivity contribution in [3.63, 3.8) is 0 Å². The second-order valence-electron chi connectivity index (χ2n) is 12.5. The van der Waals surface area contributed by atoms with E-state index in [1.807, 2.05) is 19.1 Å². The molecule has 49 heavy (non-hydrogen) atoms. The Balaban J connectivity index is 1.15. The van der Waals surface area contributed by atoms with Gasteiger partial charge < -0.3 is 9.47 Å². The van der Waals surface area contributed by atoms with Crippen molar-refractivity contribution in [1.29, 1.82) is 0 Å². The first-order chi connectivity index (χ1) is 24.2. The van der Waals surface area contributed by atoms with Gasteiger partial charge in [-0.2, -0.15) is 0 Å². The van der Waals surface area contributed by atoms with Gasteiger partial charge in [-0.3, -0.25) is 0 Å². The van der Waals surface area contributed by atoms with Crippen LogP contribution in [0.2, 0.25) is 0 Å². The molecule has 0 saturated carbocycles. The summed E-state index contributed by atoms with van der Waals surface area (Å²) in [5, 5.41) is 5.09. The highest BCUT2D eigenvalue weighted by Crippen LogP contribution is 2.38. The number of para-hydroxylation sites is 2. The molecule has 0 radical (unpaired) electrons. The second kappa shape index (κ2) is 13.2. The molecule has 0 amide bonds. The first-order valence-corrected chi connectivity index (χ1v) is 17.1. The Hall–Kier alpha value is -6.12. The third-order valence-corrected chi connectivity index (χ3v) is 9.58. The number of fused-ring (bicyclic) bond motifs is 4. The van der Waals surface area contributed by atoms with Crippen LogP contribution in [0, 0.1) is 0 Å². The number of aromatic nitrogens is 1. The van der Waals surface area contributed by atoms with E-state index in [0.29, 0.717) is 0 Å². The van der Waals surface area contributed by atoms with Crippen LogP contribution in [-0.2, 0) is 0 Å². The minimum atomic E-state index is 1.01. The van der Waals surface area contributed by atoms with Crippen LogP contribution in [-0.4, -0.2) is 4.57 Å². The van der Waals surface area contributed by atoms with Crippen molar-refractivity contribution >= 4 is 55.2 Å². The SMILES string of the molecule is C=C/C(=C\C=C/C)N(c1ccc(C2=CC(n3c4ccccc4c4ccccc43)=CCC2)cc1)c1ccc(-c2cccc3ccccc23)cc1. The van der Waals surface area contributed by atoms with Crippen molar-refractivity contribution in [1.82, 2.24) is 4.57 Å². The number of rotatable bonds is 8. The predicted molar refractivity (Wildman–Crippen MR) is 212 cm³/mol. The van der Waals surface area contributed by atoms with Gasteiger partial charge >= 0.3 is 0 Å². The Labute approximate surface area is 288 Å². The lowest BCUT2D eigenvalue weighted by Crippen LogP contribution is -2.15. The normalized spacial score (nSPS) is 13.6. The fourth-order valence-corrected chi connectivity index (χ4v) is 7.24. The van der Waals surface area contributed by atoms with Crippen LogP contribution in [0.4, 0.5) is 11.4 Å². The van der Waals surface area contributed by atoms with Gasteiger partial charge in [0.2, 0.25) is 0 Å². The minimum absolute atomic E-state index is 1.01. The maximum absolute atomic E-state index is 4.19. The maximum Gasteiger partial charge on any atom is 0.0540 e. The summed E-state index contributed by atoms with van der Waals surface area (Å²) in [6, 6.07) is 50.4. The molecule has 236 valence electrons. The fourth-order valence-electron chi connectivity index (χ4n) is 7.24. The molecule has 2 heteroatoms. The monoisotopic (exact) mass is 630 g/mol. The highest BCUT2D eigenvalue weighted by atomic mass is 15.1. The van der Waals surface area contributed by atoms with Crippen LogP contribution < -0.4 is 4.90 Å². The number of benzene rings is 6. The topological polar surface area (TPSA) is 8.17 Å². The highest BCUT2D eigenvalue weighted by molar-refractivity contribution is 6.10. The summed E-state index contributed by atoms with van der Waals surface area (Å²) in [6.45, 7) is 6.23. The van der Waals surface area contributed by atoms with Crippen LogP contribution in [0.5, 0.6) is 0 Å². The molecule has 1 aliphatic carbocycles.